The predicted octanol–water partition coefficient (Wildman–Crippen LogP) is -1.65. The summed E-state index contributed by atoms with van der Waals surface area (Å²) in [5, 5.41) is 22.9. The van der Waals surface area contributed by atoms with Gasteiger partial charge in [0, 0.05) is 26.1 Å². The number of carboxylic acids is 1. The first-order chi connectivity index (χ1) is 8.41. The lowest BCUT2D eigenvalue weighted by Gasteiger charge is -2.24. The van der Waals surface area contributed by atoms with E-state index in [1.807, 2.05) is 0 Å². The topological polar surface area (TPSA) is 119 Å². The fourth-order valence-corrected chi connectivity index (χ4v) is 1.58. The van der Waals surface area contributed by atoms with Gasteiger partial charge in [0.2, 0.25) is 5.91 Å². The summed E-state index contributed by atoms with van der Waals surface area (Å²) >= 11 is 0. The van der Waals surface area contributed by atoms with E-state index < -0.39 is 24.1 Å². The highest BCUT2D eigenvalue weighted by Crippen LogP contribution is 2.00. The van der Waals surface area contributed by atoms with Gasteiger partial charge in [0.25, 0.3) is 0 Å². The van der Waals surface area contributed by atoms with Gasteiger partial charge in [-0.1, -0.05) is 0 Å². The molecule has 1 fully saturated rings. The van der Waals surface area contributed by atoms with Crippen molar-refractivity contribution in [3.8, 4) is 0 Å². The highest BCUT2D eigenvalue weighted by atomic mass is 16.4. The van der Waals surface area contributed by atoms with Crippen LogP contribution in [-0.2, 0) is 9.59 Å². The summed E-state index contributed by atoms with van der Waals surface area (Å²) in [5.41, 5.74) is 0. The summed E-state index contributed by atoms with van der Waals surface area (Å²) < 4.78 is 0. The van der Waals surface area contributed by atoms with Crippen LogP contribution in [0.5, 0.6) is 0 Å². The maximum Gasteiger partial charge on any atom is 0.328 e. The van der Waals surface area contributed by atoms with Crippen LogP contribution in [0.3, 0.4) is 0 Å². The van der Waals surface area contributed by atoms with E-state index in [-0.39, 0.29) is 18.9 Å². The number of amides is 3. The van der Waals surface area contributed by atoms with E-state index in [4.69, 9.17) is 5.11 Å². The standard InChI is InChI=1S/C10H17N3O5/c1-6(14)8(9(16)17)12-10(18)13-4-2-7(15)11-3-5-13/h6,8,14H,2-5H2,1H3,(H,11,15)(H,12,18)(H,16,17). The minimum atomic E-state index is -1.36. The monoisotopic (exact) mass is 259 g/mol. The Hall–Kier alpha value is -1.83. The number of aliphatic hydroxyl groups excluding tert-OH is 1. The van der Waals surface area contributed by atoms with Crippen LogP contribution in [0.15, 0.2) is 0 Å². The third-order valence-corrected chi connectivity index (χ3v) is 2.63. The molecule has 2 atom stereocenters. The summed E-state index contributed by atoms with van der Waals surface area (Å²) in [4.78, 5) is 35.0. The molecule has 0 aliphatic carbocycles. The molecule has 1 rings (SSSR count). The molecule has 102 valence electrons. The van der Waals surface area contributed by atoms with Gasteiger partial charge in [-0.05, 0) is 6.92 Å². The number of carboxylic acid groups (broad SMARTS) is 1. The molecule has 2 unspecified atom stereocenters. The Bertz CT molecular complexity index is 344. The first kappa shape index (κ1) is 14.2. The molecule has 1 saturated heterocycles. The van der Waals surface area contributed by atoms with E-state index in [9.17, 15) is 19.5 Å². The van der Waals surface area contributed by atoms with E-state index in [1.165, 1.54) is 11.8 Å². The van der Waals surface area contributed by atoms with Gasteiger partial charge in [-0.2, -0.15) is 0 Å². The number of rotatable bonds is 3. The lowest BCUT2D eigenvalue weighted by atomic mass is 10.2. The van der Waals surface area contributed by atoms with Crippen molar-refractivity contribution in [3.05, 3.63) is 0 Å². The van der Waals surface area contributed by atoms with E-state index in [0.29, 0.717) is 13.1 Å². The fourth-order valence-electron chi connectivity index (χ4n) is 1.58. The van der Waals surface area contributed by atoms with Crippen molar-refractivity contribution < 1.29 is 24.6 Å². The molecule has 1 heterocycles. The van der Waals surface area contributed by atoms with Crippen LogP contribution in [0.2, 0.25) is 0 Å². The summed E-state index contributed by atoms with van der Waals surface area (Å²) in [5.74, 6) is -1.45. The van der Waals surface area contributed by atoms with Gasteiger partial charge in [-0.3, -0.25) is 4.79 Å². The molecule has 18 heavy (non-hydrogen) atoms. The quantitative estimate of drug-likeness (QED) is 0.484. The third-order valence-electron chi connectivity index (χ3n) is 2.63. The van der Waals surface area contributed by atoms with Crippen LogP contribution in [-0.4, -0.2) is 64.8 Å². The Kier molecular flexibility index (Phi) is 4.90. The van der Waals surface area contributed by atoms with Crippen molar-refractivity contribution >= 4 is 17.9 Å². The summed E-state index contributed by atoms with van der Waals surface area (Å²) in [6, 6.07) is -1.95. The first-order valence-corrected chi connectivity index (χ1v) is 5.65. The number of urea groups is 1. The van der Waals surface area contributed by atoms with Gasteiger partial charge >= 0.3 is 12.0 Å². The largest absolute Gasteiger partial charge is 0.480 e. The summed E-state index contributed by atoms with van der Waals surface area (Å²) in [7, 11) is 0. The number of hydrogen-bond acceptors (Lipinski definition) is 4. The Balaban J connectivity index is 2.58. The Labute approximate surface area is 104 Å². The van der Waals surface area contributed by atoms with Gasteiger partial charge in [-0.25, -0.2) is 9.59 Å². The average Bonchev–Trinajstić information content (AvgIpc) is 2.49. The van der Waals surface area contributed by atoms with E-state index in [1.54, 1.807) is 0 Å². The van der Waals surface area contributed by atoms with Gasteiger partial charge in [-0.15, -0.1) is 0 Å². The number of aliphatic carboxylic acids is 1. The Morgan fingerprint density at radius 2 is 2.11 bits per heavy atom. The van der Waals surface area contributed by atoms with E-state index in [2.05, 4.69) is 10.6 Å². The molecule has 1 aliphatic rings. The van der Waals surface area contributed by atoms with Crippen LogP contribution in [0.4, 0.5) is 4.79 Å². The fraction of sp³-hybridized carbons (Fsp3) is 0.700. The van der Waals surface area contributed by atoms with Crippen molar-refractivity contribution in [2.24, 2.45) is 0 Å². The molecule has 4 N–H and O–H groups in total. The second-order valence-corrected chi connectivity index (χ2v) is 4.09. The molecule has 0 bridgehead atoms. The number of nitrogens with one attached hydrogen (secondary N) is 2. The number of nitrogens with zero attached hydrogens (tertiary/aromatic N) is 1. The van der Waals surface area contributed by atoms with Crippen molar-refractivity contribution in [1.29, 1.82) is 0 Å². The molecule has 0 aromatic heterocycles. The SMILES string of the molecule is CC(O)C(NC(=O)N1CCNC(=O)CC1)C(=O)O. The highest BCUT2D eigenvalue weighted by Gasteiger charge is 2.27. The van der Waals surface area contributed by atoms with E-state index >= 15 is 0 Å². The molecule has 0 spiro atoms. The first-order valence-electron chi connectivity index (χ1n) is 5.65. The zero-order valence-corrected chi connectivity index (χ0v) is 10.0. The molecule has 3 amide bonds. The minimum Gasteiger partial charge on any atom is -0.480 e. The van der Waals surface area contributed by atoms with Crippen LogP contribution in [0, 0.1) is 0 Å². The molecule has 0 aromatic rings. The molecule has 1 aliphatic heterocycles. The number of carbonyl (C=O) groups is 3. The maximum atomic E-state index is 11.8. The van der Waals surface area contributed by atoms with Crippen molar-refractivity contribution in [2.75, 3.05) is 19.6 Å². The van der Waals surface area contributed by atoms with Crippen molar-refractivity contribution in [1.82, 2.24) is 15.5 Å². The Morgan fingerprint density at radius 1 is 1.44 bits per heavy atom. The van der Waals surface area contributed by atoms with Crippen LogP contribution in [0.25, 0.3) is 0 Å². The molecule has 0 aromatic carbocycles. The summed E-state index contributed by atoms with van der Waals surface area (Å²) in [6.07, 6.45) is -1.02. The second-order valence-electron chi connectivity index (χ2n) is 4.09. The van der Waals surface area contributed by atoms with Crippen LogP contribution >= 0.6 is 0 Å². The number of carbonyl (C=O) groups excluding carboxylic acids is 2. The summed E-state index contributed by atoms with van der Waals surface area (Å²) in [6.45, 7) is 2.15. The third kappa shape index (κ3) is 3.88. The highest BCUT2D eigenvalue weighted by molar-refractivity contribution is 5.84. The van der Waals surface area contributed by atoms with Crippen molar-refractivity contribution in [3.63, 3.8) is 0 Å². The predicted molar refractivity (Wildman–Crippen MR) is 60.8 cm³/mol. The van der Waals surface area contributed by atoms with Gasteiger partial charge in [0.1, 0.15) is 0 Å². The van der Waals surface area contributed by atoms with Crippen molar-refractivity contribution in [2.45, 2.75) is 25.5 Å². The number of aliphatic hydroxyl groups is 1. The van der Waals surface area contributed by atoms with Crippen LogP contribution < -0.4 is 10.6 Å². The molecule has 8 nitrogen and oxygen atoms in total. The van der Waals surface area contributed by atoms with Gasteiger partial charge < -0.3 is 25.7 Å². The lowest BCUT2D eigenvalue weighted by Crippen LogP contribution is -2.52. The minimum absolute atomic E-state index is 0.143. The Morgan fingerprint density at radius 3 is 2.67 bits per heavy atom. The average molecular weight is 259 g/mol. The van der Waals surface area contributed by atoms with Gasteiger partial charge in [0.05, 0.1) is 6.10 Å². The van der Waals surface area contributed by atoms with Crippen LogP contribution in [0.1, 0.15) is 13.3 Å². The molecule has 0 radical (unpaired) electrons. The number of hydrogen-bond donors (Lipinski definition) is 4. The van der Waals surface area contributed by atoms with Gasteiger partial charge in [0.15, 0.2) is 6.04 Å². The molecular formula is C10H17N3O5. The zero-order chi connectivity index (χ0) is 13.7. The molecule has 8 heteroatoms. The normalized spacial score (nSPS) is 19.4. The lowest BCUT2D eigenvalue weighted by molar-refractivity contribution is -0.141. The zero-order valence-electron chi connectivity index (χ0n) is 10.0. The maximum absolute atomic E-state index is 11.8. The molecular weight excluding hydrogens is 242 g/mol. The van der Waals surface area contributed by atoms with E-state index in [0.717, 1.165) is 0 Å². The smallest absolute Gasteiger partial charge is 0.328 e. The second kappa shape index (κ2) is 6.20. The molecule has 0 saturated carbocycles.